The van der Waals surface area contributed by atoms with Crippen LogP contribution >= 0.6 is 0 Å². The second-order valence-electron chi connectivity index (χ2n) is 6.67. The van der Waals surface area contributed by atoms with Gasteiger partial charge >= 0.3 is 0 Å². The van der Waals surface area contributed by atoms with Crippen molar-refractivity contribution < 1.29 is 28.1 Å². The van der Waals surface area contributed by atoms with Crippen molar-refractivity contribution >= 4 is 5.91 Å². The van der Waals surface area contributed by atoms with Gasteiger partial charge in [-0.1, -0.05) is 0 Å². The lowest BCUT2D eigenvalue weighted by atomic mass is 10.1. The van der Waals surface area contributed by atoms with Crippen LogP contribution in [0.2, 0.25) is 0 Å². The minimum Gasteiger partial charge on any atom is -0.496 e. The topological polar surface area (TPSA) is 60.4 Å². The molecule has 0 spiro atoms. The number of quaternary nitrogens is 2. The van der Waals surface area contributed by atoms with Gasteiger partial charge in [0.05, 0.1) is 25.5 Å². The Hall–Kier alpha value is -2.38. The van der Waals surface area contributed by atoms with E-state index in [1.807, 2.05) is 12.1 Å². The van der Waals surface area contributed by atoms with Crippen molar-refractivity contribution in [2.75, 3.05) is 39.8 Å². The summed E-state index contributed by atoms with van der Waals surface area (Å²) in [6.45, 7) is 5.36. The SMILES string of the molecule is COc1ccc(F)cc1C[NH+]1CC[NH+](CC(=O)NCc2ccco2)CC1. The Labute approximate surface area is 152 Å². The van der Waals surface area contributed by atoms with E-state index in [-0.39, 0.29) is 11.7 Å². The molecule has 3 N–H and O–H groups in total. The first-order valence-electron chi connectivity index (χ1n) is 8.92. The van der Waals surface area contributed by atoms with Crippen LogP contribution in [0.5, 0.6) is 5.75 Å². The van der Waals surface area contributed by atoms with E-state index in [2.05, 4.69) is 5.32 Å². The standard InChI is InChI=1S/C19H24FN3O3/c1-25-18-5-4-16(20)11-15(18)13-22-6-8-23(9-7-22)14-19(24)21-12-17-3-2-10-26-17/h2-5,10-11H,6-9,12-14H2,1H3,(H,21,24)/p+2. The number of piperazine rings is 1. The number of carbonyl (C=O) groups excluding carboxylic acids is 1. The lowest BCUT2D eigenvalue weighted by Crippen LogP contribution is -3.28. The Balaban J connectivity index is 1.42. The number of benzene rings is 1. The average Bonchev–Trinajstić information content (AvgIpc) is 3.15. The second-order valence-corrected chi connectivity index (χ2v) is 6.67. The van der Waals surface area contributed by atoms with Crippen LogP contribution in [0.3, 0.4) is 0 Å². The van der Waals surface area contributed by atoms with E-state index in [1.165, 1.54) is 15.9 Å². The molecule has 7 heteroatoms. The fourth-order valence-electron chi connectivity index (χ4n) is 3.35. The highest BCUT2D eigenvalue weighted by atomic mass is 19.1. The summed E-state index contributed by atoms with van der Waals surface area (Å²) in [4.78, 5) is 14.7. The van der Waals surface area contributed by atoms with E-state index in [9.17, 15) is 9.18 Å². The van der Waals surface area contributed by atoms with Gasteiger partial charge in [-0.3, -0.25) is 4.79 Å². The van der Waals surface area contributed by atoms with Gasteiger partial charge in [0.25, 0.3) is 5.91 Å². The van der Waals surface area contributed by atoms with E-state index >= 15 is 0 Å². The first-order chi connectivity index (χ1) is 12.6. The Bertz CT molecular complexity index is 713. The monoisotopic (exact) mass is 363 g/mol. The summed E-state index contributed by atoms with van der Waals surface area (Å²) in [5.41, 5.74) is 0.891. The highest BCUT2D eigenvalue weighted by Gasteiger charge is 2.25. The van der Waals surface area contributed by atoms with Crippen molar-refractivity contribution in [1.29, 1.82) is 0 Å². The number of hydrogen-bond donors (Lipinski definition) is 3. The molecule has 0 aliphatic carbocycles. The van der Waals surface area contributed by atoms with E-state index in [0.717, 1.165) is 49.8 Å². The van der Waals surface area contributed by atoms with Crippen molar-refractivity contribution in [2.45, 2.75) is 13.1 Å². The Morgan fingerprint density at radius 2 is 2.00 bits per heavy atom. The number of halogens is 1. The molecule has 140 valence electrons. The lowest BCUT2D eigenvalue weighted by Gasteiger charge is -2.29. The van der Waals surface area contributed by atoms with Crippen LogP contribution in [0.15, 0.2) is 41.0 Å². The van der Waals surface area contributed by atoms with Crippen LogP contribution in [-0.2, 0) is 17.9 Å². The molecule has 1 fully saturated rings. The van der Waals surface area contributed by atoms with Gasteiger partial charge in [-0.05, 0) is 30.3 Å². The van der Waals surface area contributed by atoms with Gasteiger partial charge in [0.15, 0.2) is 6.54 Å². The third-order valence-corrected chi connectivity index (χ3v) is 4.80. The van der Waals surface area contributed by atoms with Gasteiger partial charge < -0.3 is 24.3 Å². The van der Waals surface area contributed by atoms with Crippen molar-refractivity contribution in [3.8, 4) is 5.75 Å². The first-order valence-corrected chi connectivity index (χ1v) is 8.92. The number of rotatable bonds is 7. The van der Waals surface area contributed by atoms with Crippen LogP contribution in [0.1, 0.15) is 11.3 Å². The molecule has 6 nitrogen and oxygen atoms in total. The molecule has 2 aromatic rings. The maximum atomic E-state index is 13.5. The number of carbonyl (C=O) groups is 1. The van der Waals surface area contributed by atoms with Crippen LogP contribution in [0.25, 0.3) is 0 Å². The number of methoxy groups -OCH3 is 1. The second kappa shape index (κ2) is 8.82. The molecule has 0 radical (unpaired) electrons. The maximum absolute atomic E-state index is 13.5. The van der Waals surface area contributed by atoms with Crippen LogP contribution < -0.4 is 19.9 Å². The van der Waals surface area contributed by atoms with Gasteiger partial charge in [-0.2, -0.15) is 0 Å². The predicted molar refractivity (Wildman–Crippen MR) is 93.5 cm³/mol. The van der Waals surface area contributed by atoms with E-state index < -0.39 is 0 Å². The zero-order valence-corrected chi connectivity index (χ0v) is 15.0. The number of furan rings is 1. The zero-order valence-electron chi connectivity index (χ0n) is 15.0. The Morgan fingerprint density at radius 3 is 2.69 bits per heavy atom. The predicted octanol–water partition coefficient (Wildman–Crippen LogP) is -0.973. The van der Waals surface area contributed by atoms with Gasteiger partial charge in [0.2, 0.25) is 0 Å². The minimum atomic E-state index is -0.238. The third-order valence-electron chi connectivity index (χ3n) is 4.80. The number of nitrogens with one attached hydrogen (secondary N) is 3. The third kappa shape index (κ3) is 5.06. The molecular formula is C19H26FN3O3+2. The van der Waals surface area contributed by atoms with Gasteiger partial charge in [0, 0.05) is 0 Å². The summed E-state index contributed by atoms with van der Waals surface area (Å²) in [6.07, 6.45) is 1.60. The van der Waals surface area contributed by atoms with E-state index in [0.29, 0.717) is 13.1 Å². The summed E-state index contributed by atoms with van der Waals surface area (Å²) in [5, 5.41) is 2.89. The van der Waals surface area contributed by atoms with E-state index in [1.54, 1.807) is 25.5 Å². The molecule has 26 heavy (non-hydrogen) atoms. The quantitative estimate of drug-likeness (QED) is 0.593. The van der Waals surface area contributed by atoms with Gasteiger partial charge in [-0.25, -0.2) is 4.39 Å². The summed E-state index contributed by atoms with van der Waals surface area (Å²) in [6, 6.07) is 8.29. The number of amides is 1. The fraction of sp³-hybridized carbons (Fsp3) is 0.421. The summed E-state index contributed by atoms with van der Waals surface area (Å²) < 4.78 is 24.0. The molecule has 2 heterocycles. The molecule has 0 atom stereocenters. The van der Waals surface area contributed by atoms with Crippen LogP contribution in [-0.4, -0.2) is 45.7 Å². The summed E-state index contributed by atoms with van der Waals surface area (Å²) >= 11 is 0. The molecule has 1 aromatic carbocycles. The molecule has 3 rings (SSSR count). The lowest BCUT2D eigenvalue weighted by molar-refractivity contribution is -1.02. The van der Waals surface area contributed by atoms with Crippen molar-refractivity contribution in [3.05, 3.63) is 53.7 Å². The van der Waals surface area contributed by atoms with Gasteiger partial charge in [-0.15, -0.1) is 0 Å². The van der Waals surface area contributed by atoms with Crippen LogP contribution in [0, 0.1) is 5.82 Å². The normalized spacial score (nSPS) is 19.9. The molecule has 1 amide bonds. The summed E-state index contributed by atoms with van der Waals surface area (Å²) in [7, 11) is 1.61. The van der Waals surface area contributed by atoms with E-state index in [4.69, 9.17) is 9.15 Å². The molecule has 1 aromatic heterocycles. The Morgan fingerprint density at radius 1 is 1.23 bits per heavy atom. The van der Waals surface area contributed by atoms with Crippen molar-refractivity contribution in [2.24, 2.45) is 0 Å². The molecule has 0 bridgehead atoms. The van der Waals surface area contributed by atoms with Crippen LogP contribution in [0.4, 0.5) is 4.39 Å². The molecule has 0 unspecified atom stereocenters. The van der Waals surface area contributed by atoms with Crippen molar-refractivity contribution in [1.82, 2.24) is 5.32 Å². The maximum Gasteiger partial charge on any atom is 0.275 e. The number of ether oxygens (including phenoxy) is 1. The first kappa shape index (κ1) is 18.4. The smallest absolute Gasteiger partial charge is 0.275 e. The average molecular weight is 363 g/mol. The molecule has 0 saturated carbocycles. The van der Waals surface area contributed by atoms with Crippen molar-refractivity contribution in [3.63, 3.8) is 0 Å². The molecule has 1 aliphatic rings. The fourth-order valence-corrected chi connectivity index (χ4v) is 3.35. The van der Waals surface area contributed by atoms with Gasteiger partial charge in [0.1, 0.15) is 50.1 Å². The molecule has 1 saturated heterocycles. The highest BCUT2D eigenvalue weighted by molar-refractivity contribution is 5.76. The summed E-state index contributed by atoms with van der Waals surface area (Å²) in [5.74, 6) is 1.28. The minimum absolute atomic E-state index is 0.0339. The molecular weight excluding hydrogens is 337 g/mol. The largest absolute Gasteiger partial charge is 0.496 e. The number of hydrogen-bond acceptors (Lipinski definition) is 3. The zero-order chi connectivity index (χ0) is 18.4. The Kier molecular flexibility index (Phi) is 6.25. The molecule has 1 aliphatic heterocycles. The highest BCUT2D eigenvalue weighted by Crippen LogP contribution is 2.18.